The first-order chi connectivity index (χ1) is 38.7. The van der Waals surface area contributed by atoms with Crippen LogP contribution in [-0.4, -0.2) is 150 Å². The van der Waals surface area contributed by atoms with E-state index in [1.165, 1.54) is 12.8 Å². The number of aliphatic hydroxyl groups excluding tert-OH is 1. The number of nitrogens with two attached hydrogens (primary N) is 1. The number of carbonyl (C=O) groups is 2. The van der Waals surface area contributed by atoms with E-state index < -0.39 is 18.1 Å². The number of para-hydroxylation sites is 1. The SMILES string of the molecule is Cc1ncsc1-c1ccc([C@H](C)NC(=O)[C@@H]2C[C@@H](O)CN2C(=O)[C@@H](c2cc(N3CCC(CN4CCC(OC5CC(CN6CCC(C(C)n7cc(-c8cc(-c9ccccc9O)nnc8N)cn7)CC6)C5)CC4)CC3)no2)C(C)C)cc1. The molecule has 1 aliphatic carbocycles. The number of hydrogen-bond acceptors (Lipinski definition) is 16. The number of benzene rings is 2. The van der Waals surface area contributed by atoms with E-state index in [9.17, 15) is 19.8 Å². The van der Waals surface area contributed by atoms with Crippen molar-refractivity contribution in [1.29, 1.82) is 0 Å². The van der Waals surface area contributed by atoms with Gasteiger partial charge in [0.15, 0.2) is 17.4 Å². The van der Waals surface area contributed by atoms with E-state index in [2.05, 4.69) is 58.2 Å². The zero-order valence-electron chi connectivity index (χ0n) is 47.1. The predicted octanol–water partition coefficient (Wildman–Crippen LogP) is 8.74. The van der Waals surface area contributed by atoms with Crippen LogP contribution < -0.4 is 16.0 Å². The van der Waals surface area contributed by atoms with Gasteiger partial charge in [-0.3, -0.25) is 14.3 Å². The van der Waals surface area contributed by atoms with Crippen molar-refractivity contribution in [2.24, 2.45) is 23.7 Å². The van der Waals surface area contributed by atoms with Crippen molar-refractivity contribution in [3.8, 4) is 38.6 Å². The number of ether oxygens (including phenoxy) is 1. The maximum absolute atomic E-state index is 14.4. The summed E-state index contributed by atoms with van der Waals surface area (Å²) in [6.07, 6.45) is 13.0. The Hall–Kier alpha value is -6.25. The number of amides is 2. The van der Waals surface area contributed by atoms with Crippen LogP contribution >= 0.6 is 11.3 Å². The molecule has 5 atom stereocenters. The molecule has 8 heterocycles. The van der Waals surface area contributed by atoms with Crippen LogP contribution in [0.1, 0.15) is 121 Å². The maximum Gasteiger partial charge on any atom is 0.243 e. The van der Waals surface area contributed by atoms with E-state index in [0.717, 1.165) is 130 Å². The van der Waals surface area contributed by atoms with E-state index in [1.54, 1.807) is 28.4 Å². The second kappa shape index (κ2) is 24.5. The zero-order chi connectivity index (χ0) is 55.6. The molecule has 0 bridgehead atoms. The summed E-state index contributed by atoms with van der Waals surface area (Å²) in [6.45, 7) is 18.7. The minimum Gasteiger partial charge on any atom is -0.507 e. The molecule has 0 spiro atoms. The molecular formula is C61H80N12O6S. The van der Waals surface area contributed by atoms with Gasteiger partial charge in [-0.1, -0.05) is 55.4 Å². The minimum absolute atomic E-state index is 0.0915. The van der Waals surface area contributed by atoms with Gasteiger partial charge in [0.05, 0.1) is 58.4 Å². The summed E-state index contributed by atoms with van der Waals surface area (Å²) < 4.78 is 14.7. The largest absolute Gasteiger partial charge is 0.507 e. The molecule has 0 radical (unpaired) electrons. The summed E-state index contributed by atoms with van der Waals surface area (Å²) in [4.78, 5) is 42.8. The molecular weight excluding hydrogens is 1030 g/mol. The number of aromatic hydroxyl groups is 1. The molecule has 2 aromatic carbocycles. The maximum atomic E-state index is 14.4. The van der Waals surface area contributed by atoms with Crippen molar-refractivity contribution in [3.05, 3.63) is 95.6 Å². The Kier molecular flexibility index (Phi) is 17.0. The molecule has 5 aliphatic rings. The molecule has 426 valence electrons. The fourth-order valence-corrected chi connectivity index (χ4v) is 14.0. The van der Waals surface area contributed by atoms with Crippen LogP contribution in [0.15, 0.2) is 83.1 Å². The molecule has 6 aromatic rings. The topological polar surface area (TPSA) is 217 Å². The lowest BCUT2D eigenvalue weighted by Gasteiger charge is -2.43. The van der Waals surface area contributed by atoms with Gasteiger partial charge in [-0.25, -0.2) is 4.98 Å². The molecule has 18 nitrogen and oxygen atoms in total. The number of phenolic OH excluding ortho intramolecular Hbond substituents is 1. The lowest BCUT2D eigenvalue weighted by Crippen LogP contribution is -2.48. The van der Waals surface area contributed by atoms with Crippen LogP contribution in [0, 0.1) is 30.6 Å². The predicted molar refractivity (Wildman–Crippen MR) is 310 cm³/mol. The van der Waals surface area contributed by atoms with Crippen LogP contribution in [0.25, 0.3) is 32.8 Å². The number of aliphatic hydroxyl groups is 1. The molecule has 11 rings (SSSR count). The molecule has 5 fully saturated rings. The van der Waals surface area contributed by atoms with Gasteiger partial charge in [0.1, 0.15) is 17.7 Å². The number of rotatable bonds is 18. The number of nitrogens with one attached hydrogen (secondary N) is 1. The highest BCUT2D eigenvalue weighted by Crippen LogP contribution is 2.39. The van der Waals surface area contributed by atoms with E-state index in [1.807, 2.05) is 87.9 Å². The number of phenols is 1. The second-order valence-corrected chi connectivity index (χ2v) is 24.8. The number of nitrogen functional groups attached to an aromatic ring is 1. The monoisotopic (exact) mass is 1110 g/mol. The Morgan fingerprint density at radius 1 is 0.838 bits per heavy atom. The number of aromatic nitrogens is 6. The van der Waals surface area contributed by atoms with Gasteiger partial charge >= 0.3 is 0 Å². The van der Waals surface area contributed by atoms with Crippen molar-refractivity contribution in [1.82, 2.24) is 50.1 Å². The first-order valence-corrected chi connectivity index (χ1v) is 30.2. The second-order valence-electron chi connectivity index (χ2n) is 24.0. The number of piperidine rings is 3. The van der Waals surface area contributed by atoms with E-state index in [0.29, 0.717) is 52.8 Å². The highest BCUT2D eigenvalue weighted by molar-refractivity contribution is 7.13. The molecule has 1 saturated carbocycles. The lowest BCUT2D eigenvalue weighted by molar-refractivity contribution is -0.141. The first kappa shape index (κ1) is 55.6. The quantitative estimate of drug-likeness (QED) is 0.0633. The third-order valence-electron chi connectivity index (χ3n) is 18.1. The fraction of sp³-hybridized carbons (Fsp3) is 0.557. The van der Waals surface area contributed by atoms with Crippen molar-refractivity contribution in [3.63, 3.8) is 0 Å². The third kappa shape index (κ3) is 12.5. The smallest absolute Gasteiger partial charge is 0.243 e. The summed E-state index contributed by atoms with van der Waals surface area (Å²) >= 11 is 1.60. The third-order valence-corrected chi connectivity index (χ3v) is 19.1. The average Bonchev–Trinajstić information content (AvgIpc) is 4.30. The molecule has 2 amide bonds. The molecule has 4 saturated heterocycles. The zero-order valence-corrected chi connectivity index (χ0v) is 47.9. The number of nitrogens with zero attached hydrogens (tertiary/aromatic N) is 10. The summed E-state index contributed by atoms with van der Waals surface area (Å²) in [6, 6.07) is 18.2. The Balaban J connectivity index is 0.576. The molecule has 4 aromatic heterocycles. The summed E-state index contributed by atoms with van der Waals surface area (Å²) in [5, 5.41) is 42.0. The Bertz CT molecular complexity index is 3040. The Morgan fingerprint density at radius 3 is 2.25 bits per heavy atom. The van der Waals surface area contributed by atoms with E-state index >= 15 is 0 Å². The van der Waals surface area contributed by atoms with Gasteiger partial charge in [-0.05, 0) is 138 Å². The first-order valence-electron chi connectivity index (χ1n) is 29.3. The van der Waals surface area contributed by atoms with E-state index in [-0.39, 0.29) is 48.5 Å². The van der Waals surface area contributed by atoms with Gasteiger partial charge in [0.2, 0.25) is 11.8 Å². The van der Waals surface area contributed by atoms with Crippen LogP contribution in [0.2, 0.25) is 0 Å². The number of anilines is 2. The number of hydrogen-bond donors (Lipinski definition) is 4. The van der Waals surface area contributed by atoms with E-state index in [4.69, 9.17) is 20.1 Å². The minimum atomic E-state index is -0.796. The van der Waals surface area contributed by atoms with Crippen LogP contribution in [-0.2, 0) is 14.3 Å². The van der Waals surface area contributed by atoms with Gasteiger partial charge in [-0.15, -0.1) is 21.5 Å². The number of carbonyl (C=O) groups excluding carboxylic acids is 2. The van der Waals surface area contributed by atoms with Gasteiger partial charge in [-0.2, -0.15) is 5.10 Å². The van der Waals surface area contributed by atoms with Gasteiger partial charge in [0, 0.05) is 81.2 Å². The molecule has 1 unspecified atom stereocenters. The molecule has 5 N–H and O–H groups in total. The van der Waals surface area contributed by atoms with Crippen molar-refractivity contribution < 1.29 is 29.1 Å². The van der Waals surface area contributed by atoms with Crippen molar-refractivity contribution in [2.75, 3.05) is 69.5 Å². The molecule has 80 heavy (non-hydrogen) atoms. The summed E-state index contributed by atoms with van der Waals surface area (Å²) in [5.41, 5.74) is 14.0. The number of β-amino-alcohol motifs (C(OH)–C–C–N with tert-alkyl or cyclic N) is 1. The van der Waals surface area contributed by atoms with Crippen molar-refractivity contribution >= 4 is 34.8 Å². The number of thiazole rings is 1. The Morgan fingerprint density at radius 2 is 1.55 bits per heavy atom. The Labute approximate surface area is 474 Å². The van der Waals surface area contributed by atoms with Crippen molar-refractivity contribution in [2.45, 2.75) is 135 Å². The molecule has 4 aliphatic heterocycles. The number of likely N-dealkylation sites (tertiary alicyclic amines) is 3. The number of aryl methyl sites for hydroxylation is 1. The average molecular weight is 1110 g/mol. The van der Waals surface area contributed by atoms with Gasteiger partial charge < -0.3 is 50.1 Å². The standard InChI is InChI=1S/C61H80N12O6S/c1-37(2)57(61(77)72-35-47(74)28-53(72)60(76)65-38(3)43-10-12-45(13-11-43)58-39(4)63-36-80-58)55-30-56(68-79-55)71-24-14-41(15-25-71)32-70-22-18-48(19-23-70)78-49-26-42(27-49)33-69-20-16-44(17-21-69)40(5)73-34-46(31-64-73)51-29-52(66-67-59(51)62)50-8-6-7-9-54(50)75/h6-13,29-31,34,36-38,40-42,44,47-49,53,57,74-75H,14-28,32-33,35H2,1-5H3,(H2,62,67)(H,65,76)/t38-,40?,42?,47+,49?,53-,57+/m0/s1. The van der Waals surface area contributed by atoms with Gasteiger partial charge in [0.25, 0.3) is 0 Å². The summed E-state index contributed by atoms with van der Waals surface area (Å²) in [5.74, 6) is 2.32. The highest BCUT2D eigenvalue weighted by atomic mass is 32.1. The fourth-order valence-electron chi connectivity index (χ4n) is 13.2. The molecule has 19 heteroatoms. The highest BCUT2D eigenvalue weighted by Gasteiger charge is 2.44. The summed E-state index contributed by atoms with van der Waals surface area (Å²) in [7, 11) is 0. The van der Waals surface area contributed by atoms with Crippen LogP contribution in [0.4, 0.5) is 11.6 Å². The van der Waals surface area contributed by atoms with Crippen LogP contribution in [0.5, 0.6) is 5.75 Å². The normalized spacial score (nSPS) is 23.1. The van der Waals surface area contributed by atoms with Crippen LogP contribution in [0.3, 0.4) is 0 Å². The lowest BCUT2D eigenvalue weighted by atomic mass is 9.80.